The highest BCUT2D eigenvalue weighted by Gasteiger charge is 2.21. The van der Waals surface area contributed by atoms with E-state index in [2.05, 4.69) is 5.10 Å². The zero-order valence-corrected chi connectivity index (χ0v) is 15.6. The van der Waals surface area contributed by atoms with Gasteiger partial charge in [0.1, 0.15) is 5.75 Å². The maximum absolute atomic E-state index is 12.6. The molecule has 2 aromatic rings. The number of carbonyl (C=O) groups is 1. The number of aryl methyl sites for hydroxylation is 2. The highest BCUT2D eigenvalue weighted by atomic mass is 16.5. The second kappa shape index (κ2) is 8.16. The van der Waals surface area contributed by atoms with Crippen molar-refractivity contribution in [1.82, 2.24) is 14.7 Å². The molecular formula is C19H27N3O3. The standard InChI is InChI=1S/C19H27N3O3/c1-13-17(14(2)22(4)20-13)10-11-19(24)21(3)18(12-23)15-6-8-16(25-5)9-7-15/h6-9,18,23H,10-12H2,1-5H3. The fourth-order valence-electron chi connectivity index (χ4n) is 3.04. The first kappa shape index (κ1) is 19.0. The first-order chi connectivity index (χ1) is 11.9. The molecule has 1 atom stereocenters. The van der Waals surface area contributed by atoms with Crippen molar-refractivity contribution in [2.75, 3.05) is 20.8 Å². The van der Waals surface area contributed by atoms with Crippen molar-refractivity contribution in [3.63, 3.8) is 0 Å². The number of likely N-dealkylation sites (N-methyl/N-ethyl adjacent to an activating group) is 1. The van der Waals surface area contributed by atoms with Crippen LogP contribution in [0, 0.1) is 13.8 Å². The van der Waals surface area contributed by atoms with Crippen molar-refractivity contribution >= 4 is 5.91 Å². The third kappa shape index (κ3) is 4.20. The Hall–Kier alpha value is -2.34. The third-order valence-corrected chi connectivity index (χ3v) is 4.78. The molecular weight excluding hydrogens is 318 g/mol. The topological polar surface area (TPSA) is 67.6 Å². The number of aliphatic hydroxyl groups is 1. The van der Waals surface area contributed by atoms with Crippen LogP contribution in [-0.2, 0) is 18.3 Å². The van der Waals surface area contributed by atoms with Gasteiger partial charge in [-0.15, -0.1) is 0 Å². The lowest BCUT2D eigenvalue weighted by Crippen LogP contribution is -2.33. The molecule has 0 spiro atoms. The number of rotatable bonds is 7. The van der Waals surface area contributed by atoms with E-state index in [1.165, 1.54) is 0 Å². The van der Waals surface area contributed by atoms with Crippen LogP contribution in [0.3, 0.4) is 0 Å². The van der Waals surface area contributed by atoms with Gasteiger partial charge in [0, 0.05) is 26.2 Å². The number of ether oxygens (including phenoxy) is 1. The van der Waals surface area contributed by atoms with Gasteiger partial charge < -0.3 is 14.7 Å². The molecule has 1 N–H and O–H groups in total. The van der Waals surface area contributed by atoms with Crippen LogP contribution in [-0.4, -0.2) is 46.5 Å². The second-order valence-electron chi connectivity index (χ2n) is 6.25. The molecule has 0 saturated carbocycles. The Bertz CT molecular complexity index is 722. The Labute approximate surface area is 149 Å². The van der Waals surface area contributed by atoms with E-state index in [1.807, 2.05) is 49.8 Å². The van der Waals surface area contributed by atoms with Gasteiger partial charge in [-0.05, 0) is 43.5 Å². The van der Waals surface area contributed by atoms with E-state index in [0.717, 1.165) is 28.3 Å². The van der Waals surface area contributed by atoms with Gasteiger partial charge in [-0.1, -0.05) is 12.1 Å². The predicted molar refractivity (Wildman–Crippen MR) is 96.6 cm³/mol. The molecule has 6 heteroatoms. The third-order valence-electron chi connectivity index (χ3n) is 4.78. The first-order valence-electron chi connectivity index (χ1n) is 8.38. The summed E-state index contributed by atoms with van der Waals surface area (Å²) >= 11 is 0. The van der Waals surface area contributed by atoms with Gasteiger partial charge in [-0.3, -0.25) is 9.48 Å². The minimum Gasteiger partial charge on any atom is -0.497 e. The molecule has 1 amide bonds. The Kier molecular flexibility index (Phi) is 6.20. The highest BCUT2D eigenvalue weighted by Crippen LogP contribution is 2.23. The highest BCUT2D eigenvalue weighted by molar-refractivity contribution is 5.76. The minimum absolute atomic E-state index is 0.00230. The summed E-state index contributed by atoms with van der Waals surface area (Å²) in [5.74, 6) is 0.745. The maximum atomic E-state index is 12.6. The van der Waals surface area contributed by atoms with E-state index in [-0.39, 0.29) is 18.6 Å². The monoisotopic (exact) mass is 345 g/mol. The van der Waals surface area contributed by atoms with Crippen molar-refractivity contribution in [1.29, 1.82) is 0 Å². The average molecular weight is 345 g/mol. The average Bonchev–Trinajstić information content (AvgIpc) is 2.86. The van der Waals surface area contributed by atoms with Crippen LogP contribution in [0.25, 0.3) is 0 Å². The van der Waals surface area contributed by atoms with Gasteiger partial charge in [0.15, 0.2) is 0 Å². The van der Waals surface area contributed by atoms with Gasteiger partial charge in [-0.25, -0.2) is 0 Å². The van der Waals surface area contributed by atoms with Crippen LogP contribution in [0.15, 0.2) is 24.3 Å². The number of nitrogens with zero attached hydrogens (tertiary/aromatic N) is 3. The molecule has 2 rings (SSSR count). The molecule has 0 aliphatic heterocycles. The number of hydrogen-bond acceptors (Lipinski definition) is 4. The van der Waals surface area contributed by atoms with Gasteiger partial charge in [0.2, 0.25) is 5.91 Å². The summed E-state index contributed by atoms with van der Waals surface area (Å²) in [4.78, 5) is 14.2. The molecule has 0 aliphatic rings. The maximum Gasteiger partial charge on any atom is 0.223 e. The lowest BCUT2D eigenvalue weighted by molar-refractivity contribution is -0.132. The Morgan fingerprint density at radius 3 is 2.44 bits per heavy atom. The predicted octanol–water partition coefficient (Wildman–Crippen LogP) is 2.17. The number of amides is 1. The molecule has 136 valence electrons. The summed E-state index contributed by atoms with van der Waals surface area (Å²) in [6, 6.07) is 7.05. The van der Waals surface area contributed by atoms with Crippen molar-refractivity contribution in [3.05, 3.63) is 46.8 Å². The van der Waals surface area contributed by atoms with Crippen molar-refractivity contribution < 1.29 is 14.6 Å². The summed E-state index contributed by atoms with van der Waals surface area (Å²) < 4.78 is 6.99. The largest absolute Gasteiger partial charge is 0.497 e. The molecule has 0 saturated heterocycles. The fourth-order valence-corrected chi connectivity index (χ4v) is 3.04. The smallest absolute Gasteiger partial charge is 0.223 e. The van der Waals surface area contributed by atoms with Crippen molar-refractivity contribution in [2.24, 2.45) is 7.05 Å². The van der Waals surface area contributed by atoms with E-state index in [9.17, 15) is 9.90 Å². The molecule has 0 bridgehead atoms. The lowest BCUT2D eigenvalue weighted by Gasteiger charge is -2.27. The fraction of sp³-hybridized carbons (Fsp3) is 0.474. The quantitative estimate of drug-likeness (QED) is 0.835. The van der Waals surface area contributed by atoms with Gasteiger partial charge in [0.25, 0.3) is 0 Å². The molecule has 0 fully saturated rings. The normalized spacial score (nSPS) is 12.1. The lowest BCUT2D eigenvalue weighted by atomic mass is 10.0. The number of benzene rings is 1. The van der Waals surface area contributed by atoms with Crippen molar-refractivity contribution in [2.45, 2.75) is 32.7 Å². The van der Waals surface area contributed by atoms with Crippen LogP contribution >= 0.6 is 0 Å². The van der Waals surface area contributed by atoms with E-state index in [1.54, 1.807) is 19.1 Å². The molecule has 6 nitrogen and oxygen atoms in total. The number of aliphatic hydroxyl groups excluding tert-OH is 1. The summed E-state index contributed by atoms with van der Waals surface area (Å²) in [6.07, 6.45) is 1.03. The van der Waals surface area contributed by atoms with E-state index in [0.29, 0.717) is 12.8 Å². The molecule has 25 heavy (non-hydrogen) atoms. The van der Waals surface area contributed by atoms with Crippen LogP contribution in [0.1, 0.15) is 35.0 Å². The molecule has 1 heterocycles. The summed E-state index contributed by atoms with van der Waals surface area (Å²) in [5, 5.41) is 14.2. The Morgan fingerprint density at radius 2 is 1.96 bits per heavy atom. The molecule has 1 aromatic heterocycles. The van der Waals surface area contributed by atoms with E-state index < -0.39 is 0 Å². The Balaban J connectivity index is 2.06. The molecule has 0 aliphatic carbocycles. The number of aromatic nitrogens is 2. The van der Waals surface area contributed by atoms with Crippen LogP contribution < -0.4 is 4.74 Å². The Morgan fingerprint density at radius 1 is 1.32 bits per heavy atom. The number of hydrogen-bond donors (Lipinski definition) is 1. The zero-order valence-electron chi connectivity index (χ0n) is 15.6. The van der Waals surface area contributed by atoms with Gasteiger partial charge in [-0.2, -0.15) is 5.10 Å². The summed E-state index contributed by atoms with van der Waals surface area (Å²) in [6.45, 7) is 3.85. The van der Waals surface area contributed by atoms with Crippen LogP contribution in [0.2, 0.25) is 0 Å². The van der Waals surface area contributed by atoms with Gasteiger partial charge >= 0.3 is 0 Å². The van der Waals surface area contributed by atoms with Crippen LogP contribution in [0.5, 0.6) is 5.75 Å². The minimum atomic E-state index is -0.366. The zero-order chi connectivity index (χ0) is 18.6. The molecule has 1 unspecified atom stereocenters. The van der Waals surface area contributed by atoms with Gasteiger partial charge in [0.05, 0.1) is 25.5 Å². The first-order valence-corrected chi connectivity index (χ1v) is 8.38. The second-order valence-corrected chi connectivity index (χ2v) is 6.25. The van der Waals surface area contributed by atoms with Crippen LogP contribution in [0.4, 0.5) is 0 Å². The summed E-state index contributed by atoms with van der Waals surface area (Å²) in [7, 11) is 5.25. The number of methoxy groups -OCH3 is 1. The van der Waals surface area contributed by atoms with E-state index >= 15 is 0 Å². The van der Waals surface area contributed by atoms with Crippen molar-refractivity contribution in [3.8, 4) is 5.75 Å². The number of carbonyl (C=O) groups excluding carboxylic acids is 1. The molecule has 0 radical (unpaired) electrons. The summed E-state index contributed by atoms with van der Waals surface area (Å²) in [5.41, 5.74) is 4.05. The van der Waals surface area contributed by atoms with E-state index in [4.69, 9.17) is 4.74 Å². The molecule has 1 aromatic carbocycles. The SMILES string of the molecule is COc1ccc(C(CO)N(C)C(=O)CCc2c(C)nn(C)c2C)cc1.